The summed E-state index contributed by atoms with van der Waals surface area (Å²) in [4.78, 5) is 17.7. The van der Waals surface area contributed by atoms with Crippen molar-refractivity contribution in [3.8, 4) is 17.6 Å². The van der Waals surface area contributed by atoms with E-state index in [2.05, 4.69) is 10.3 Å². The van der Waals surface area contributed by atoms with Crippen LogP contribution in [0.25, 0.3) is 6.08 Å². The molecule has 0 fully saturated rings. The molecular formula is C22H19N3O3S. The number of hydrogen-bond acceptors (Lipinski definition) is 6. The summed E-state index contributed by atoms with van der Waals surface area (Å²) in [5, 5.41) is 12.5. The van der Waals surface area contributed by atoms with E-state index in [1.54, 1.807) is 44.7 Å². The Morgan fingerprint density at radius 1 is 1.10 bits per heavy atom. The van der Waals surface area contributed by atoms with Crippen LogP contribution in [0.5, 0.6) is 11.5 Å². The summed E-state index contributed by atoms with van der Waals surface area (Å²) in [6.07, 6.45) is 3.95. The van der Waals surface area contributed by atoms with E-state index in [0.29, 0.717) is 17.3 Å². The van der Waals surface area contributed by atoms with Crippen LogP contribution in [0.2, 0.25) is 0 Å². The second-order valence-corrected chi connectivity index (χ2v) is 7.17. The summed E-state index contributed by atoms with van der Waals surface area (Å²) in [5.41, 5.74) is 1.85. The lowest BCUT2D eigenvalue weighted by Crippen LogP contribution is -2.13. The number of rotatable bonds is 7. The molecule has 0 bridgehead atoms. The highest BCUT2D eigenvalue weighted by atomic mass is 32.1. The number of hydrogen-bond donors (Lipinski definition) is 1. The van der Waals surface area contributed by atoms with Gasteiger partial charge in [0.1, 0.15) is 23.1 Å². The molecule has 29 heavy (non-hydrogen) atoms. The Kier molecular flexibility index (Phi) is 6.61. The number of thiazole rings is 1. The molecule has 0 unspecified atom stereocenters. The number of methoxy groups -OCH3 is 2. The first-order valence-electron chi connectivity index (χ1n) is 8.76. The maximum absolute atomic E-state index is 12.4. The van der Waals surface area contributed by atoms with E-state index in [1.807, 2.05) is 30.3 Å². The van der Waals surface area contributed by atoms with Crippen molar-refractivity contribution in [1.29, 1.82) is 5.26 Å². The van der Waals surface area contributed by atoms with Gasteiger partial charge in [-0.25, -0.2) is 4.98 Å². The summed E-state index contributed by atoms with van der Waals surface area (Å²) >= 11 is 1.38. The van der Waals surface area contributed by atoms with Crippen molar-refractivity contribution in [2.45, 2.75) is 6.42 Å². The normalized spacial score (nSPS) is 10.9. The molecule has 7 heteroatoms. The summed E-state index contributed by atoms with van der Waals surface area (Å²) in [6, 6.07) is 16.8. The standard InChI is InChI=1S/C22H19N3O3S/c1-27-18-7-3-15(4-8-18)11-17(13-23)21(26)25-22-24-14-20(29-22)12-16-5-9-19(28-2)10-6-16/h3-11,14H,12H2,1-2H3,(H,24,25,26)/b17-11-. The molecule has 0 saturated heterocycles. The summed E-state index contributed by atoms with van der Waals surface area (Å²) in [5.74, 6) is 1.02. The van der Waals surface area contributed by atoms with Gasteiger partial charge in [0.15, 0.2) is 5.13 Å². The van der Waals surface area contributed by atoms with E-state index >= 15 is 0 Å². The third-order valence-electron chi connectivity index (χ3n) is 4.10. The van der Waals surface area contributed by atoms with Crippen LogP contribution < -0.4 is 14.8 Å². The average Bonchev–Trinajstić information content (AvgIpc) is 3.19. The lowest BCUT2D eigenvalue weighted by molar-refractivity contribution is -0.112. The number of anilines is 1. The van der Waals surface area contributed by atoms with Crippen LogP contribution in [0, 0.1) is 11.3 Å². The quantitative estimate of drug-likeness (QED) is 0.468. The molecule has 146 valence electrons. The molecule has 0 radical (unpaired) electrons. The van der Waals surface area contributed by atoms with Gasteiger partial charge in [0.2, 0.25) is 0 Å². The molecule has 0 atom stereocenters. The molecule has 1 aromatic heterocycles. The van der Waals surface area contributed by atoms with Gasteiger partial charge in [-0.05, 0) is 41.5 Å². The first kappa shape index (κ1) is 20.1. The number of carbonyl (C=O) groups excluding carboxylic acids is 1. The minimum atomic E-state index is -0.492. The van der Waals surface area contributed by atoms with Crippen molar-refractivity contribution in [2.75, 3.05) is 19.5 Å². The molecule has 1 N–H and O–H groups in total. The summed E-state index contributed by atoms with van der Waals surface area (Å²) in [6.45, 7) is 0. The smallest absolute Gasteiger partial charge is 0.268 e. The molecule has 0 aliphatic heterocycles. The average molecular weight is 405 g/mol. The number of aromatic nitrogens is 1. The van der Waals surface area contributed by atoms with Crippen LogP contribution in [0.15, 0.2) is 60.3 Å². The number of nitrogens with zero attached hydrogens (tertiary/aromatic N) is 2. The van der Waals surface area contributed by atoms with Crippen LogP contribution in [-0.2, 0) is 11.2 Å². The molecule has 1 amide bonds. The minimum absolute atomic E-state index is 0.00192. The number of ether oxygens (including phenoxy) is 2. The monoisotopic (exact) mass is 405 g/mol. The van der Waals surface area contributed by atoms with Gasteiger partial charge in [0.25, 0.3) is 5.91 Å². The predicted octanol–water partition coefficient (Wildman–Crippen LogP) is 4.30. The van der Waals surface area contributed by atoms with E-state index in [1.165, 1.54) is 17.4 Å². The van der Waals surface area contributed by atoms with Crippen LogP contribution in [0.3, 0.4) is 0 Å². The van der Waals surface area contributed by atoms with Crippen LogP contribution >= 0.6 is 11.3 Å². The van der Waals surface area contributed by atoms with Crippen molar-refractivity contribution in [3.05, 3.63) is 76.3 Å². The Balaban J connectivity index is 1.66. The van der Waals surface area contributed by atoms with Gasteiger partial charge in [0.05, 0.1) is 14.2 Å². The van der Waals surface area contributed by atoms with E-state index in [-0.39, 0.29) is 5.57 Å². The fraction of sp³-hybridized carbons (Fsp3) is 0.136. The van der Waals surface area contributed by atoms with Gasteiger partial charge in [0, 0.05) is 17.5 Å². The molecule has 1 heterocycles. The lowest BCUT2D eigenvalue weighted by Gasteiger charge is -2.02. The van der Waals surface area contributed by atoms with Crippen LogP contribution in [0.4, 0.5) is 5.13 Å². The number of carbonyl (C=O) groups is 1. The zero-order valence-corrected chi connectivity index (χ0v) is 16.8. The number of benzene rings is 2. The molecule has 0 aliphatic carbocycles. The Hall–Kier alpha value is -3.63. The van der Waals surface area contributed by atoms with E-state index in [4.69, 9.17) is 9.47 Å². The van der Waals surface area contributed by atoms with E-state index in [9.17, 15) is 10.1 Å². The van der Waals surface area contributed by atoms with Crippen molar-refractivity contribution in [1.82, 2.24) is 4.98 Å². The minimum Gasteiger partial charge on any atom is -0.497 e. The van der Waals surface area contributed by atoms with Gasteiger partial charge in [-0.3, -0.25) is 10.1 Å². The SMILES string of the molecule is COc1ccc(/C=C(/C#N)C(=O)Nc2ncc(Cc3ccc(OC)cc3)s2)cc1. The highest BCUT2D eigenvalue weighted by molar-refractivity contribution is 7.15. The lowest BCUT2D eigenvalue weighted by atomic mass is 10.1. The van der Waals surface area contributed by atoms with Crippen molar-refractivity contribution >= 4 is 28.5 Å². The zero-order valence-electron chi connectivity index (χ0n) is 16.0. The van der Waals surface area contributed by atoms with Crippen molar-refractivity contribution in [2.24, 2.45) is 0 Å². The zero-order chi connectivity index (χ0) is 20.6. The Morgan fingerprint density at radius 3 is 2.31 bits per heavy atom. The third-order valence-corrected chi connectivity index (χ3v) is 5.02. The fourth-order valence-corrected chi connectivity index (χ4v) is 3.41. The predicted molar refractivity (Wildman–Crippen MR) is 113 cm³/mol. The number of amides is 1. The van der Waals surface area contributed by atoms with Crippen LogP contribution in [-0.4, -0.2) is 25.1 Å². The van der Waals surface area contributed by atoms with E-state index < -0.39 is 5.91 Å². The first-order valence-corrected chi connectivity index (χ1v) is 9.57. The summed E-state index contributed by atoms with van der Waals surface area (Å²) < 4.78 is 10.3. The van der Waals surface area contributed by atoms with Gasteiger partial charge in [-0.2, -0.15) is 5.26 Å². The van der Waals surface area contributed by atoms with E-state index in [0.717, 1.165) is 21.8 Å². The van der Waals surface area contributed by atoms with Crippen molar-refractivity contribution in [3.63, 3.8) is 0 Å². The third kappa shape index (κ3) is 5.43. The fourth-order valence-electron chi connectivity index (χ4n) is 2.57. The topological polar surface area (TPSA) is 84.2 Å². The summed E-state index contributed by atoms with van der Waals surface area (Å²) in [7, 11) is 3.21. The first-order chi connectivity index (χ1) is 14.1. The largest absolute Gasteiger partial charge is 0.497 e. The highest BCUT2D eigenvalue weighted by Crippen LogP contribution is 2.23. The Labute approximate surface area is 173 Å². The second kappa shape index (κ2) is 9.53. The van der Waals surface area contributed by atoms with Gasteiger partial charge < -0.3 is 9.47 Å². The molecule has 0 saturated carbocycles. The van der Waals surface area contributed by atoms with Crippen molar-refractivity contribution < 1.29 is 14.3 Å². The molecule has 3 aromatic rings. The second-order valence-electron chi connectivity index (χ2n) is 6.05. The van der Waals surface area contributed by atoms with Gasteiger partial charge in [-0.1, -0.05) is 24.3 Å². The molecule has 0 aliphatic rings. The highest BCUT2D eigenvalue weighted by Gasteiger charge is 2.12. The Morgan fingerprint density at radius 2 is 1.72 bits per heavy atom. The molecule has 3 rings (SSSR count). The molecular weight excluding hydrogens is 386 g/mol. The van der Waals surface area contributed by atoms with Crippen LogP contribution in [0.1, 0.15) is 16.0 Å². The number of nitrogens with one attached hydrogen (secondary N) is 1. The maximum atomic E-state index is 12.4. The molecule has 6 nitrogen and oxygen atoms in total. The Bertz CT molecular complexity index is 1050. The molecule has 0 spiro atoms. The molecule has 2 aromatic carbocycles. The maximum Gasteiger partial charge on any atom is 0.268 e. The van der Waals surface area contributed by atoms with Gasteiger partial charge in [-0.15, -0.1) is 11.3 Å². The van der Waals surface area contributed by atoms with Gasteiger partial charge >= 0.3 is 0 Å². The number of nitriles is 1.